The Morgan fingerprint density at radius 1 is 1.24 bits per heavy atom. The van der Waals surface area contributed by atoms with Crippen molar-refractivity contribution in [2.45, 2.75) is 4.21 Å². The van der Waals surface area contributed by atoms with E-state index in [4.69, 9.17) is 0 Å². The van der Waals surface area contributed by atoms with Crippen molar-refractivity contribution >= 4 is 28.9 Å². The van der Waals surface area contributed by atoms with Crippen LogP contribution in [0.15, 0.2) is 39.9 Å². The molecule has 5 heteroatoms. The van der Waals surface area contributed by atoms with E-state index in [-0.39, 0.29) is 17.1 Å². The van der Waals surface area contributed by atoms with E-state index >= 15 is 0 Å². The molecule has 1 aromatic heterocycles. The highest BCUT2D eigenvalue weighted by Gasteiger charge is 2.10. The maximum Gasteiger partial charge on any atom is 0.173 e. The topological polar surface area (TPSA) is 17.1 Å². The van der Waals surface area contributed by atoms with Crippen molar-refractivity contribution in [1.82, 2.24) is 0 Å². The maximum absolute atomic E-state index is 12.9. The minimum absolute atomic E-state index is 0.202. The first-order chi connectivity index (χ1) is 8.16. The first kappa shape index (κ1) is 12.3. The third-order valence-electron chi connectivity index (χ3n) is 2.08. The largest absolute Gasteiger partial charge is 0.293 e. The molecule has 0 radical (unpaired) electrons. The fraction of sp³-hybridized carbons (Fsp3) is 0.0833. The van der Waals surface area contributed by atoms with E-state index in [1.54, 1.807) is 11.3 Å². The molecule has 0 fully saturated rings. The molecule has 2 aromatic rings. The molecule has 1 aromatic carbocycles. The summed E-state index contributed by atoms with van der Waals surface area (Å²) < 4.78 is 26.6. The summed E-state index contributed by atoms with van der Waals surface area (Å²) in [5.74, 6) is -1.90. The molecule has 0 bridgehead atoms. The summed E-state index contributed by atoms with van der Waals surface area (Å²) in [6, 6.07) is 7.02. The lowest BCUT2D eigenvalue weighted by atomic mass is 10.1. The number of hydrogen-bond donors (Lipinski definition) is 0. The summed E-state index contributed by atoms with van der Waals surface area (Å²) in [5, 5.41) is 1.92. The first-order valence-electron chi connectivity index (χ1n) is 4.81. The molecule has 17 heavy (non-hydrogen) atoms. The molecule has 88 valence electrons. The number of ketones is 1. The first-order valence-corrected chi connectivity index (χ1v) is 6.68. The summed E-state index contributed by atoms with van der Waals surface area (Å²) in [4.78, 5) is 11.7. The van der Waals surface area contributed by atoms with Gasteiger partial charge in [-0.05, 0) is 29.6 Å². The van der Waals surface area contributed by atoms with Gasteiger partial charge in [0.25, 0.3) is 0 Å². The highest BCUT2D eigenvalue weighted by Crippen LogP contribution is 2.24. The van der Waals surface area contributed by atoms with Crippen molar-refractivity contribution in [2.75, 3.05) is 5.75 Å². The minimum atomic E-state index is -0.989. The molecular formula is C12H8F2OS2. The second-order valence-corrected chi connectivity index (χ2v) is 5.50. The van der Waals surface area contributed by atoms with Crippen molar-refractivity contribution in [3.05, 3.63) is 52.9 Å². The van der Waals surface area contributed by atoms with Crippen molar-refractivity contribution in [3.63, 3.8) is 0 Å². The van der Waals surface area contributed by atoms with E-state index in [1.807, 2.05) is 17.5 Å². The monoisotopic (exact) mass is 270 g/mol. The lowest BCUT2D eigenvalue weighted by Crippen LogP contribution is -2.03. The zero-order valence-electron chi connectivity index (χ0n) is 8.65. The van der Waals surface area contributed by atoms with Gasteiger partial charge in [-0.25, -0.2) is 8.78 Å². The van der Waals surface area contributed by atoms with Gasteiger partial charge in [-0.3, -0.25) is 4.79 Å². The SMILES string of the molecule is O=C(CSc1cccs1)c1ccc(F)c(F)c1. The van der Waals surface area contributed by atoms with Gasteiger partial charge in [-0.15, -0.1) is 23.1 Å². The van der Waals surface area contributed by atoms with Gasteiger partial charge in [-0.2, -0.15) is 0 Å². The Hall–Kier alpha value is -1.20. The number of hydrogen-bond acceptors (Lipinski definition) is 3. The van der Waals surface area contributed by atoms with Gasteiger partial charge in [-0.1, -0.05) is 6.07 Å². The standard InChI is InChI=1S/C12H8F2OS2/c13-9-4-3-8(6-10(9)14)11(15)7-17-12-2-1-5-16-12/h1-6H,7H2. The van der Waals surface area contributed by atoms with Gasteiger partial charge < -0.3 is 0 Å². The summed E-state index contributed by atoms with van der Waals surface area (Å²) in [5.41, 5.74) is 0.202. The molecular weight excluding hydrogens is 262 g/mol. The van der Waals surface area contributed by atoms with Crippen LogP contribution in [0.25, 0.3) is 0 Å². The highest BCUT2D eigenvalue weighted by atomic mass is 32.2. The van der Waals surface area contributed by atoms with Crippen LogP contribution >= 0.6 is 23.1 Å². The van der Waals surface area contributed by atoms with E-state index in [2.05, 4.69) is 0 Å². The van der Waals surface area contributed by atoms with Crippen LogP contribution in [-0.2, 0) is 0 Å². The molecule has 0 spiro atoms. The highest BCUT2D eigenvalue weighted by molar-refractivity contribution is 8.01. The van der Waals surface area contributed by atoms with E-state index in [1.165, 1.54) is 17.8 Å². The normalized spacial score (nSPS) is 10.5. The van der Waals surface area contributed by atoms with Crippen LogP contribution in [0.2, 0.25) is 0 Å². The fourth-order valence-corrected chi connectivity index (χ4v) is 2.91. The van der Waals surface area contributed by atoms with E-state index in [0.717, 1.165) is 16.3 Å². The smallest absolute Gasteiger partial charge is 0.173 e. The van der Waals surface area contributed by atoms with Gasteiger partial charge in [0, 0.05) is 5.56 Å². The number of Topliss-reactive ketones (excluding diaryl/α,β-unsaturated/α-hetero) is 1. The van der Waals surface area contributed by atoms with Crippen LogP contribution in [-0.4, -0.2) is 11.5 Å². The van der Waals surface area contributed by atoms with Crippen molar-refractivity contribution in [3.8, 4) is 0 Å². The van der Waals surface area contributed by atoms with Crippen LogP contribution in [0.3, 0.4) is 0 Å². The van der Waals surface area contributed by atoms with Gasteiger partial charge in [0.15, 0.2) is 17.4 Å². The van der Waals surface area contributed by atoms with Crippen LogP contribution in [0.5, 0.6) is 0 Å². The predicted molar refractivity (Wildman–Crippen MR) is 65.7 cm³/mol. The van der Waals surface area contributed by atoms with Crippen molar-refractivity contribution < 1.29 is 13.6 Å². The van der Waals surface area contributed by atoms with Crippen molar-refractivity contribution in [1.29, 1.82) is 0 Å². The van der Waals surface area contributed by atoms with E-state index < -0.39 is 11.6 Å². The molecule has 0 atom stereocenters. The molecule has 0 amide bonds. The Morgan fingerprint density at radius 3 is 2.71 bits per heavy atom. The second-order valence-electron chi connectivity index (χ2n) is 3.27. The molecule has 1 heterocycles. The number of benzene rings is 1. The number of carbonyl (C=O) groups excluding carboxylic acids is 1. The van der Waals surface area contributed by atoms with Crippen LogP contribution in [0.1, 0.15) is 10.4 Å². The Labute approximate surface area is 105 Å². The van der Waals surface area contributed by atoms with Gasteiger partial charge in [0.2, 0.25) is 0 Å². The maximum atomic E-state index is 12.9. The van der Waals surface area contributed by atoms with Crippen LogP contribution in [0, 0.1) is 11.6 Å². The third kappa shape index (κ3) is 3.14. The Morgan fingerprint density at radius 2 is 2.06 bits per heavy atom. The fourth-order valence-electron chi connectivity index (χ4n) is 1.24. The van der Waals surface area contributed by atoms with Crippen LogP contribution < -0.4 is 0 Å². The summed E-state index contributed by atoms with van der Waals surface area (Å²) in [6.45, 7) is 0. The third-order valence-corrected chi connectivity index (χ3v) is 4.21. The minimum Gasteiger partial charge on any atom is -0.293 e. The molecule has 2 rings (SSSR count). The predicted octanol–water partition coefficient (Wildman–Crippen LogP) is 4.00. The molecule has 0 aliphatic heterocycles. The summed E-state index contributed by atoms with van der Waals surface area (Å²) in [6.07, 6.45) is 0. The number of thiophene rings is 1. The van der Waals surface area contributed by atoms with Gasteiger partial charge >= 0.3 is 0 Å². The van der Waals surface area contributed by atoms with E-state index in [9.17, 15) is 13.6 Å². The second kappa shape index (κ2) is 5.42. The quantitative estimate of drug-likeness (QED) is 0.617. The Balaban J connectivity index is 2.02. The van der Waals surface area contributed by atoms with Gasteiger partial charge in [0.05, 0.1) is 9.96 Å². The Kier molecular flexibility index (Phi) is 3.91. The average Bonchev–Trinajstić information content (AvgIpc) is 2.82. The molecule has 0 saturated heterocycles. The molecule has 0 aliphatic rings. The molecule has 0 saturated carbocycles. The molecule has 1 nitrogen and oxygen atoms in total. The number of carbonyl (C=O) groups is 1. The molecule has 0 N–H and O–H groups in total. The van der Waals surface area contributed by atoms with Gasteiger partial charge in [0.1, 0.15) is 0 Å². The van der Waals surface area contributed by atoms with E-state index in [0.29, 0.717) is 0 Å². The zero-order chi connectivity index (χ0) is 12.3. The lowest BCUT2D eigenvalue weighted by Gasteiger charge is -2.00. The molecule has 0 aliphatic carbocycles. The van der Waals surface area contributed by atoms with Crippen molar-refractivity contribution in [2.24, 2.45) is 0 Å². The van der Waals surface area contributed by atoms with Crippen LogP contribution in [0.4, 0.5) is 8.78 Å². The Bertz CT molecular complexity index is 523. The number of halogens is 2. The number of thioether (sulfide) groups is 1. The summed E-state index contributed by atoms with van der Waals surface area (Å²) in [7, 11) is 0. The zero-order valence-corrected chi connectivity index (χ0v) is 10.3. The summed E-state index contributed by atoms with van der Waals surface area (Å²) >= 11 is 2.94. The molecule has 0 unspecified atom stereocenters. The number of rotatable bonds is 4. The average molecular weight is 270 g/mol. The lowest BCUT2D eigenvalue weighted by molar-refractivity contribution is 0.102.